The standard InChI is InChI=1S/C32H33N7O/c33-18-21-39(29-8-4-5-19-36-29)32(40)26-14-15-28-27(22-26)37-30(38(28)20-17-23-6-2-1-3-7-23)16-11-24-9-12-25(13-10-24)31(34)35/h1-10,12-15,19,22H,11,16-18,20-21,33H2,(H3,34,35). The van der Waals surface area contributed by atoms with E-state index in [0.717, 1.165) is 48.2 Å². The molecule has 0 aliphatic heterocycles. The Bertz CT molecular complexity index is 1600. The van der Waals surface area contributed by atoms with Crippen LogP contribution in [0.3, 0.4) is 0 Å². The van der Waals surface area contributed by atoms with Crippen molar-refractivity contribution in [1.82, 2.24) is 14.5 Å². The van der Waals surface area contributed by atoms with Crippen molar-refractivity contribution < 1.29 is 4.79 Å². The summed E-state index contributed by atoms with van der Waals surface area (Å²) in [5.41, 5.74) is 16.9. The minimum atomic E-state index is -0.156. The smallest absolute Gasteiger partial charge is 0.259 e. The van der Waals surface area contributed by atoms with Gasteiger partial charge in [-0.3, -0.25) is 15.1 Å². The van der Waals surface area contributed by atoms with Crippen LogP contribution in [0.5, 0.6) is 0 Å². The van der Waals surface area contributed by atoms with Gasteiger partial charge in [-0.05, 0) is 54.3 Å². The van der Waals surface area contributed by atoms with E-state index in [4.69, 9.17) is 21.9 Å². The van der Waals surface area contributed by atoms with Gasteiger partial charge in [0.25, 0.3) is 5.91 Å². The second kappa shape index (κ2) is 12.4. The molecule has 0 saturated heterocycles. The summed E-state index contributed by atoms with van der Waals surface area (Å²) in [6.45, 7) is 1.48. The number of carbonyl (C=O) groups excluding carboxylic acids is 1. The van der Waals surface area contributed by atoms with Gasteiger partial charge in [0.05, 0.1) is 11.0 Å². The van der Waals surface area contributed by atoms with Crippen molar-refractivity contribution in [2.75, 3.05) is 18.0 Å². The van der Waals surface area contributed by atoms with E-state index in [-0.39, 0.29) is 11.7 Å². The number of fused-ring (bicyclic) bond motifs is 1. The maximum atomic E-state index is 13.5. The first kappa shape index (κ1) is 26.8. The number of anilines is 1. The minimum absolute atomic E-state index is 0.0627. The molecular weight excluding hydrogens is 498 g/mol. The lowest BCUT2D eigenvalue weighted by molar-refractivity contribution is 0.0987. The van der Waals surface area contributed by atoms with Gasteiger partial charge in [0, 0.05) is 43.4 Å². The van der Waals surface area contributed by atoms with Gasteiger partial charge in [-0.2, -0.15) is 0 Å². The molecule has 0 unspecified atom stereocenters. The number of nitrogens with two attached hydrogens (primary N) is 2. The Morgan fingerprint density at radius 1 is 0.850 bits per heavy atom. The number of carbonyl (C=O) groups is 1. The Balaban J connectivity index is 1.45. The fraction of sp³-hybridized carbons (Fsp3) is 0.188. The lowest BCUT2D eigenvalue weighted by atomic mass is 10.1. The minimum Gasteiger partial charge on any atom is -0.384 e. The molecular formula is C32H33N7O. The van der Waals surface area contributed by atoms with Crippen LogP contribution in [0.25, 0.3) is 11.0 Å². The van der Waals surface area contributed by atoms with E-state index < -0.39 is 0 Å². The Kier molecular flexibility index (Phi) is 8.27. The molecule has 0 saturated carbocycles. The van der Waals surface area contributed by atoms with Gasteiger partial charge >= 0.3 is 0 Å². The molecule has 2 heterocycles. The monoisotopic (exact) mass is 531 g/mol. The summed E-state index contributed by atoms with van der Waals surface area (Å²) in [5, 5.41) is 7.62. The van der Waals surface area contributed by atoms with Crippen molar-refractivity contribution in [3.05, 3.63) is 125 Å². The summed E-state index contributed by atoms with van der Waals surface area (Å²) in [6.07, 6.45) is 4.07. The molecule has 0 spiro atoms. The zero-order valence-corrected chi connectivity index (χ0v) is 22.3. The fourth-order valence-corrected chi connectivity index (χ4v) is 4.86. The number of nitrogens with one attached hydrogen (secondary N) is 1. The highest BCUT2D eigenvalue weighted by atomic mass is 16.2. The van der Waals surface area contributed by atoms with Gasteiger partial charge in [0.1, 0.15) is 17.5 Å². The number of hydrogen-bond donors (Lipinski definition) is 3. The van der Waals surface area contributed by atoms with E-state index in [1.54, 1.807) is 11.1 Å². The first-order valence-electron chi connectivity index (χ1n) is 13.4. The molecule has 5 N–H and O–H groups in total. The number of hydrogen-bond acceptors (Lipinski definition) is 5. The summed E-state index contributed by atoms with van der Waals surface area (Å²) in [5.74, 6) is 1.45. The van der Waals surface area contributed by atoms with Crippen LogP contribution in [0.2, 0.25) is 0 Å². The predicted octanol–water partition coefficient (Wildman–Crippen LogP) is 4.35. The third-order valence-electron chi connectivity index (χ3n) is 6.97. The van der Waals surface area contributed by atoms with Gasteiger partial charge in [0.2, 0.25) is 0 Å². The third kappa shape index (κ3) is 6.08. The van der Waals surface area contributed by atoms with Crippen molar-refractivity contribution in [3.63, 3.8) is 0 Å². The number of amidine groups is 1. The van der Waals surface area contributed by atoms with Gasteiger partial charge in [-0.15, -0.1) is 0 Å². The molecule has 5 aromatic rings. The van der Waals surface area contributed by atoms with Crippen molar-refractivity contribution in [3.8, 4) is 0 Å². The van der Waals surface area contributed by atoms with Gasteiger partial charge in [-0.25, -0.2) is 9.97 Å². The molecule has 0 radical (unpaired) electrons. The Morgan fingerprint density at radius 3 is 2.27 bits per heavy atom. The molecule has 0 aliphatic rings. The average molecular weight is 532 g/mol. The number of nitrogen functional groups attached to an aromatic ring is 1. The highest BCUT2D eigenvalue weighted by molar-refractivity contribution is 6.07. The molecule has 40 heavy (non-hydrogen) atoms. The van der Waals surface area contributed by atoms with Gasteiger partial charge in [-0.1, -0.05) is 60.7 Å². The number of aryl methyl sites for hydroxylation is 4. The van der Waals surface area contributed by atoms with Crippen LogP contribution >= 0.6 is 0 Å². The van der Waals surface area contributed by atoms with E-state index in [1.807, 2.05) is 66.7 Å². The van der Waals surface area contributed by atoms with Crippen LogP contribution in [-0.4, -0.2) is 39.4 Å². The fourth-order valence-electron chi connectivity index (χ4n) is 4.86. The lowest BCUT2D eigenvalue weighted by Crippen LogP contribution is -2.36. The molecule has 0 bridgehead atoms. The number of aromatic nitrogens is 3. The maximum absolute atomic E-state index is 13.5. The zero-order valence-electron chi connectivity index (χ0n) is 22.3. The summed E-state index contributed by atoms with van der Waals surface area (Å²) < 4.78 is 2.26. The van der Waals surface area contributed by atoms with Crippen LogP contribution in [0.1, 0.15) is 32.9 Å². The summed E-state index contributed by atoms with van der Waals surface area (Å²) in [7, 11) is 0. The largest absolute Gasteiger partial charge is 0.384 e. The SMILES string of the molecule is N=C(N)c1ccc(CCc2nc3cc(C(=O)N(CCN)c4ccccn4)ccc3n2CCc2ccccc2)cc1. The Hall–Kier alpha value is -4.82. The molecule has 0 fully saturated rings. The molecule has 2 aromatic heterocycles. The van der Waals surface area contributed by atoms with E-state index in [0.29, 0.717) is 30.0 Å². The molecule has 0 atom stereocenters. The van der Waals surface area contributed by atoms with E-state index in [9.17, 15) is 4.79 Å². The molecule has 3 aromatic carbocycles. The van der Waals surface area contributed by atoms with Crippen LogP contribution < -0.4 is 16.4 Å². The zero-order chi connectivity index (χ0) is 27.9. The molecule has 0 aliphatic carbocycles. The van der Waals surface area contributed by atoms with Crippen LogP contribution in [-0.2, 0) is 25.8 Å². The van der Waals surface area contributed by atoms with E-state index in [1.165, 1.54) is 5.56 Å². The van der Waals surface area contributed by atoms with Crippen molar-refractivity contribution >= 4 is 28.6 Å². The summed E-state index contributed by atoms with van der Waals surface area (Å²) in [6, 6.07) is 29.4. The number of nitrogens with zero attached hydrogens (tertiary/aromatic N) is 4. The first-order chi connectivity index (χ1) is 19.5. The number of benzene rings is 3. The predicted molar refractivity (Wildman–Crippen MR) is 160 cm³/mol. The molecule has 202 valence electrons. The van der Waals surface area contributed by atoms with Crippen molar-refractivity contribution in [2.45, 2.75) is 25.8 Å². The molecule has 8 heteroatoms. The van der Waals surface area contributed by atoms with Crippen molar-refractivity contribution in [2.24, 2.45) is 11.5 Å². The number of rotatable bonds is 11. The summed E-state index contributed by atoms with van der Waals surface area (Å²) >= 11 is 0. The lowest BCUT2D eigenvalue weighted by Gasteiger charge is -2.21. The molecule has 8 nitrogen and oxygen atoms in total. The van der Waals surface area contributed by atoms with Gasteiger partial charge in [0.15, 0.2) is 0 Å². The van der Waals surface area contributed by atoms with Gasteiger partial charge < -0.3 is 16.0 Å². The van der Waals surface area contributed by atoms with Crippen LogP contribution in [0, 0.1) is 5.41 Å². The highest BCUT2D eigenvalue weighted by Crippen LogP contribution is 2.23. The molecule has 1 amide bonds. The Labute approximate surface area is 233 Å². The topological polar surface area (TPSA) is 127 Å². The highest BCUT2D eigenvalue weighted by Gasteiger charge is 2.20. The number of amides is 1. The Morgan fingerprint density at radius 2 is 1.57 bits per heavy atom. The van der Waals surface area contributed by atoms with Crippen molar-refractivity contribution in [1.29, 1.82) is 5.41 Å². The normalized spacial score (nSPS) is 11.0. The second-order valence-corrected chi connectivity index (χ2v) is 9.66. The average Bonchev–Trinajstić information content (AvgIpc) is 3.35. The second-order valence-electron chi connectivity index (χ2n) is 9.66. The number of imidazole rings is 1. The van der Waals surface area contributed by atoms with E-state index in [2.05, 4.69) is 33.8 Å². The maximum Gasteiger partial charge on any atom is 0.259 e. The van der Waals surface area contributed by atoms with Crippen LogP contribution in [0.15, 0.2) is 97.2 Å². The quantitative estimate of drug-likeness (QED) is 0.173. The van der Waals surface area contributed by atoms with Crippen LogP contribution in [0.4, 0.5) is 5.82 Å². The third-order valence-corrected chi connectivity index (χ3v) is 6.97. The van der Waals surface area contributed by atoms with E-state index >= 15 is 0 Å². The molecule has 5 rings (SSSR count). The first-order valence-corrected chi connectivity index (χ1v) is 13.4. The number of pyridine rings is 1. The summed E-state index contributed by atoms with van der Waals surface area (Å²) in [4.78, 5) is 24.5.